The Kier molecular flexibility index (Phi) is 4.75. The Labute approximate surface area is 125 Å². The van der Waals surface area contributed by atoms with Crippen molar-refractivity contribution in [2.75, 3.05) is 5.32 Å². The first-order valence-electron chi connectivity index (χ1n) is 6.14. The van der Waals surface area contributed by atoms with E-state index in [1.54, 1.807) is 6.07 Å². The van der Waals surface area contributed by atoms with Crippen molar-refractivity contribution in [2.45, 2.75) is 13.0 Å². The zero-order valence-corrected chi connectivity index (χ0v) is 11.8. The minimum absolute atomic E-state index is 0.0649. The number of anilines is 1. The third kappa shape index (κ3) is 3.92. The molecular weight excluding hydrogens is 300 g/mol. The van der Waals surface area contributed by atoms with Gasteiger partial charge >= 0.3 is 0 Å². The Hall–Kier alpha value is -2.14. The van der Waals surface area contributed by atoms with Gasteiger partial charge in [-0.1, -0.05) is 23.7 Å². The maximum absolute atomic E-state index is 13.4. The molecule has 21 heavy (non-hydrogen) atoms. The van der Waals surface area contributed by atoms with Crippen LogP contribution in [0.3, 0.4) is 0 Å². The first kappa shape index (κ1) is 15.3. The summed E-state index contributed by atoms with van der Waals surface area (Å²) in [6, 6.07) is 9.56. The van der Waals surface area contributed by atoms with Crippen LogP contribution < -0.4 is 10.1 Å². The molecule has 0 aliphatic carbocycles. The van der Waals surface area contributed by atoms with Gasteiger partial charge in [0.1, 0.15) is 17.4 Å². The van der Waals surface area contributed by atoms with E-state index in [-0.39, 0.29) is 16.5 Å². The lowest BCUT2D eigenvalue weighted by atomic mass is 10.2. The van der Waals surface area contributed by atoms with E-state index in [0.29, 0.717) is 0 Å². The molecule has 0 spiro atoms. The van der Waals surface area contributed by atoms with Gasteiger partial charge in [0.05, 0.1) is 10.7 Å². The molecule has 0 aliphatic rings. The highest BCUT2D eigenvalue weighted by Crippen LogP contribution is 2.22. The van der Waals surface area contributed by atoms with Gasteiger partial charge in [-0.3, -0.25) is 4.79 Å². The summed E-state index contributed by atoms with van der Waals surface area (Å²) in [5.74, 6) is -1.39. The van der Waals surface area contributed by atoms with Crippen LogP contribution in [0.15, 0.2) is 42.5 Å². The maximum atomic E-state index is 13.4. The molecule has 2 aromatic carbocycles. The first-order valence-corrected chi connectivity index (χ1v) is 6.52. The van der Waals surface area contributed by atoms with Crippen molar-refractivity contribution in [1.82, 2.24) is 0 Å². The van der Waals surface area contributed by atoms with E-state index in [4.69, 9.17) is 16.3 Å². The molecule has 6 heteroatoms. The van der Waals surface area contributed by atoms with E-state index >= 15 is 0 Å². The smallest absolute Gasteiger partial charge is 0.265 e. The Balaban J connectivity index is 2.02. The second kappa shape index (κ2) is 6.54. The second-order valence-electron chi connectivity index (χ2n) is 4.31. The average Bonchev–Trinajstić information content (AvgIpc) is 2.45. The van der Waals surface area contributed by atoms with Gasteiger partial charge in [0, 0.05) is 6.07 Å². The number of halogens is 3. The van der Waals surface area contributed by atoms with E-state index < -0.39 is 23.6 Å². The van der Waals surface area contributed by atoms with Crippen LogP contribution in [-0.2, 0) is 4.79 Å². The highest BCUT2D eigenvalue weighted by atomic mass is 35.5. The predicted molar refractivity (Wildman–Crippen MR) is 76.5 cm³/mol. The number of hydrogen-bond acceptors (Lipinski definition) is 2. The molecule has 1 N–H and O–H groups in total. The zero-order valence-electron chi connectivity index (χ0n) is 11.1. The summed E-state index contributed by atoms with van der Waals surface area (Å²) in [6.07, 6.45) is -0.897. The molecule has 0 radical (unpaired) electrons. The van der Waals surface area contributed by atoms with Crippen molar-refractivity contribution in [3.05, 3.63) is 59.1 Å². The number of carbonyl (C=O) groups is 1. The van der Waals surface area contributed by atoms with Crippen LogP contribution >= 0.6 is 11.6 Å². The SMILES string of the molecule is C[C@@H](Oc1ccc(F)c(Cl)c1)C(=O)Nc1ccccc1F. The number of para-hydroxylation sites is 1. The van der Waals surface area contributed by atoms with E-state index in [0.717, 1.165) is 6.07 Å². The van der Waals surface area contributed by atoms with Gasteiger partial charge in [0.15, 0.2) is 6.10 Å². The van der Waals surface area contributed by atoms with Gasteiger partial charge in [0.25, 0.3) is 5.91 Å². The zero-order chi connectivity index (χ0) is 15.4. The predicted octanol–water partition coefficient (Wildman–Crippen LogP) is 4.02. The average molecular weight is 312 g/mol. The van der Waals surface area contributed by atoms with Gasteiger partial charge in [0.2, 0.25) is 0 Å². The van der Waals surface area contributed by atoms with Crippen molar-refractivity contribution < 1.29 is 18.3 Å². The largest absolute Gasteiger partial charge is 0.481 e. The fourth-order valence-corrected chi connectivity index (χ4v) is 1.78. The van der Waals surface area contributed by atoms with Gasteiger partial charge < -0.3 is 10.1 Å². The highest BCUT2D eigenvalue weighted by Gasteiger charge is 2.16. The maximum Gasteiger partial charge on any atom is 0.265 e. The van der Waals surface area contributed by atoms with Crippen LogP contribution in [0.2, 0.25) is 5.02 Å². The standard InChI is InChI=1S/C15H12ClF2NO2/c1-9(21-10-6-7-12(17)11(16)8-10)15(20)19-14-5-3-2-4-13(14)18/h2-9H,1H3,(H,19,20)/t9-/m1/s1. The summed E-state index contributed by atoms with van der Waals surface area (Å²) in [5.41, 5.74) is 0.0649. The molecule has 0 fully saturated rings. The summed E-state index contributed by atoms with van der Waals surface area (Å²) in [4.78, 5) is 11.9. The van der Waals surface area contributed by atoms with Crippen LogP contribution in [0.25, 0.3) is 0 Å². The number of carbonyl (C=O) groups excluding carboxylic acids is 1. The van der Waals surface area contributed by atoms with E-state index in [1.165, 1.54) is 37.3 Å². The van der Waals surface area contributed by atoms with Crippen LogP contribution in [0.4, 0.5) is 14.5 Å². The van der Waals surface area contributed by atoms with Gasteiger partial charge in [-0.05, 0) is 31.2 Å². The molecule has 1 amide bonds. The molecule has 0 saturated heterocycles. The number of nitrogens with one attached hydrogen (secondary N) is 1. The van der Waals surface area contributed by atoms with Gasteiger partial charge in [-0.25, -0.2) is 8.78 Å². The third-order valence-electron chi connectivity index (χ3n) is 2.70. The minimum atomic E-state index is -0.897. The first-order chi connectivity index (χ1) is 9.97. The Morgan fingerprint density at radius 1 is 1.19 bits per heavy atom. The third-order valence-corrected chi connectivity index (χ3v) is 2.99. The minimum Gasteiger partial charge on any atom is -0.481 e. The lowest BCUT2D eigenvalue weighted by Crippen LogP contribution is -2.30. The molecule has 0 aliphatic heterocycles. The summed E-state index contributed by atoms with van der Waals surface area (Å²) < 4.78 is 31.8. The van der Waals surface area contributed by atoms with Gasteiger partial charge in [-0.2, -0.15) is 0 Å². The second-order valence-corrected chi connectivity index (χ2v) is 4.71. The number of rotatable bonds is 4. The number of hydrogen-bond donors (Lipinski definition) is 1. The fourth-order valence-electron chi connectivity index (χ4n) is 1.60. The Morgan fingerprint density at radius 2 is 1.90 bits per heavy atom. The van der Waals surface area contributed by atoms with Crippen molar-refractivity contribution in [3.63, 3.8) is 0 Å². The molecule has 0 bridgehead atoms. The molecular formula is C15H12ClF2NO2. The van der Waals surface area contributed by atoms with Gasteiger partial charge in [-0.15, -0.1) is 0 Å². The number of benzene rings is 2. The Morgan fingerprint density at radius 3 is 2.57 bits per heavy atom. The van der Waals surface area contributed by atoms with E-state index in [1.807, 2.05) is 0 Å². The monoisotopic (exact) mass is 311 g/mol. The van der Waals surface area contributed by atoms with Crippen LogP contribution in [0, 0.1) is 11.6 Å². The molecule has 0 unspecified atom stereocenters. The Bertz CT molecular complexity index is 664. The van der Waals surface area contributed by atoms with Crippen LogP contribution in [-0.4, -0.2) is 12.0 Å². The highest BCUT2D eigenvalue weighted by molar-refractivity contribution is 6.30. The quantitative estimate of drug-likeness (QED) is 0.926. The molecule has 0 aromatic heterocycles. The molecule has 0 heterocycles. The summed E-state index contributed by atoms with van der Waals surface area (Å²) >= 11 is 5.62. The van der Waals surface area contributed by atoms with Crippen molar-refractivity contribution >= 4 is 23.2 Å². The molecule has 110 valence electrons. The number of ether oxygens (including phenoxy) is 1. The lowest BCUT2D eigenvalue weighted by molar-refractivity contribution is -0.122. The molecule has 2 rings (SSSR count). The number of amides is 1. The van der Waals surface area contributed by atoms with Crippen molar-refractivity contribution in [1.29, 1.82) is 0 Å². The topological polar surface area (TPSA) is 38.3 Å². The van der Waals surface area contributed by atoms with Crippen molar-refractivity contribution in [3.8, 4) is 5.75 Å². The summed E-state index contributed by atoms with van der Waals surface area (Å²) in [6.45, 7) is 1.49. The summed E-state index contributed by atoms with van der Waals surface area (Å²) in [5, 5.41) is 2.31. The molecule has 3 nitrogen and oxygen atoms in total. The van der Waals surface area contributed by atoms with Crippen LogP contribution in [0.5, 0.6) is 5.75 Å². The molecule has 0 saturated carbocycles. The van der Waals surface area contributed by atoms with E-state index in [9.17, 15) is 13.6 Å². The fraction of sp³-hybridized carbons (Fsp3) is 0.133. The lowest BCUT2D eigenvalue weighted by Gasteiger charge is -2.15. The normalized spacial score (nSPS) is 11.8. The van der Waals surface area contributed by atoms with E-state index in [2.05, 4.69) is 5.32 Å². The molecule has 1 atom stereocenters. The van der Waals surface area contributed by atoms with Crippen molar-refractivity contribution in [2.24, 2.45) is 0 Å². The molecule has 2 aromatic rings. The summed E-state index contributed by atoms with van der Waals surface area (Å²) in [7, 11) is 0. The van der Waals surface area contributed by atoms with Crippen LogP contribution in [0.1, 0.15) is 6.92 Å².